The average Bonchev–Trinajstić information content (AvgIpc) is 2.53. The van der Waals surface area contributed by atoms with Crippen LogP contribution in [-0.2, 0) is 19.4 Å². The molecule has 0 radical (unpaired) electrons. The lowest BCUT2D eigenvalue weighted by atomic mass is 10.1. The van der Waals surface area contributed by atoms with Crippen LogP contribution in [0, 0.1) is 11.6 Å². The van der Waals surface area contributed by atoms with Crippen molar-refractivity contribution in [1.82, 2.24) is 0 Å². The van der Waals surface area contributed by atoms with Gasteiger partial charge < -0.3 is 4.74 Å². The van der Waals surface area contributed by atoms with Crippen molar-refractivity contribution in [2.45, 2.75) is 42.9 Å². The normalized spacial score (nSPS) is 13.3. The first-order valence-corrected chi connectivity index (χ1v) is 9.99. The molecule has 0 spiro atoms. The minimum absolute atomic E-state index is 0.0801. The fourth-order valence-electron chi connectivity index (χ4n) is 2.51. The molecule has 0 saturated heterocycles. The number of carbonyl (C=O) groups is 1. The van der Waals surface area contributed by atoms with Crippen molar-refractivity contribution in [3.63, 3.8) is 0 Å². The van der Waals surface area contributed by atoms with Gasteiger partial charge in [-0.05, 0) is 51.1 Å². The van der Waals surface area contributed by atoms with Gasteiger partial charge in [0, 0.05) is 5.56 Å². The molecule has 0 aliphatic rings. The zero-order chi connectivity index (χ0) is 20.4. The third-order valence-electron chi connectivity index (χ3n) is 3.59. The van der Waals surface area contributed by atoms with E-state index in [4.69, 9.17) is 16.3 Å². The molecule has 0 fully saturated rings. The number of esters is 1. The van der Waals surface area contributed by atoms with E-state index in [-0.39, 0.29) is 9.92 Å². The third kappa shape index (κ3) is 5.26. The van der Waals surface area contributed by atoms with Crippen LogP contribution >= 0.6 is 11.6 Å². The first kappa shape index (κ1) is 21.3. The summed E-state index contributed by atoms with van der Waals surface area (Å²) < 4.78 is 59.5. The van der Waals surface area contributed by atoms with Crippen molar-refractivity contribution >= 4 is 27.4 Å². The third-order valence-corrected chi connectivity index (χ3v) is 6.18. The Hall–Kier alpha value is -1.99. The molecule has 27 heavy (non-hydrogen) atoms. The van der Waals surface area contributed by atoms with Gasteiger partial charge in [0.05, 0.1) is 16.3 Å². The van der Waals surface area contributed by atoms with E-state index in [0.29, 0.717) is 0 Å². The standard InChI is InChI=1S/C19H19ClF2O4S/c1-19(2,3)26-18(23)11-17(13-10-12(21)8-9-15(13)22)27(24,25)16-7-5-4-6-14(16)20/h4-10,17H,11H2,1-3H3. The Balaban J connectivity index is 2.58. The summed E-state index contributed by atoms with van der Waals surface area (Å²) in [5, 5.41) is -1.77. The van der Waals surface area contributed by atoms with Crippen molar-refractivity contribution in [2.75, 3.05) is 0 Å². The minimum atomic E-state index is -4.31. The van der Waals surface area contributed by atoms with Gasteiger partial charge in [0.2, 0.25) is 0 Å². The molecular formula is C19H19ClF2O4S. The second-order valence-corrected chi connectivity index (χ2v) is 9.43. The predicted octanol–water partition coefficient (Wildman–Crippen LogP) is 4.87. The summed E-state index contributed by atoms with van der Waals surface area (Å²) in [6.45, 7) is 4.85. The Morgan fingerprint density at radius 1 is 1.15 bits per heavy atom. The van der Waals surface area contributed by atoms with Crippen LogP contribution in [0.1, 0.15) is 38.0 Å². The smallest absolute Gasteiger partial charge is 0.307 e. The highest BCUT2D eigenvalue weighted by Gasteiger charge is 2.36. The minimum Gasteiger partial charge on any atom is -0.460 e. The molecule has 2 aromatic carbocycles. The quantitative estimate of drug-likeness (QED) is 0.653. The zero-order valence-electron chi connectivity index (χ0n) is 15.0. The molecule has 146 valence electrons. The number of hydrogen-bond donors (Lipinski definition) is 0. The van der Waals surface area contributed by atoms with E-state index in [1.165, 1.54) is 24.3 Å². The lowest BCUT2D eigenvalue weighted by Gasteiger charge is -2.23. The Morgan fingerprint density at radius 2 is 1.78 bits per heavy atom. The van der Waals surface area contributed by atoms with Crippen LogP contribution in [-0.4, -0.2) is 20.0 Å². The first-order valence-electron chi connectivity index (χ1n) is 8.07. The van der Waals surface area contributed by atoms with Gasteiger partial charge >= 0.3 is 5.97 Å². The van der Waals surface area contributed by atoms with Crippen LogP contribution in [0.2, 0.25) is 5.02 Å². The number of carbonyl (C=O) groups excluding carboxylic acids is 1. The Bertz CT molecular complexity index is 952. The topological polar surface area (TPSA) is 60.4 Å². The molecule has 4 nitrogen and oxygen atoms in total. The molecule has 0 N–H and O–H groups in total. The largest absolute Gasteiger partial charge is 0.460 e. The van der Waals surface area contributed by atoms with E-state index in [0.717, 1.165) is 18.2 Å². The monoisotopic (exact) mass is 416 g/mol. The maximum absolute atomic E-state index is 14.3. The highest BCUT2D eigenvalue weighted by atomic mass is 35.5. The van der Waals surface area contributed by atoms with Gasteiger partial charge in [-0.3, -0.25) is 4.79 Å². The van der Waals surface area contributed by atoms with E-state index in [2.05, 4.69) is 0 Å². The van der Waals surface area contributed by atoms with Gasteiger partial charge in [-0.1, -0.05) is 23.7 Å². The molecule has 1 unspecified atom stereocenters. The molecule has 0 saturated carbocycles. The fourth-order valence-corrected chi connectivity index (χ4v) is 4.75. The van der Waals surface area contributed by atoms with Crippen LogP contribution in [0.4, 0.5) is 8.78 Å². The van der Waals surface area contributed by atoms with Crippen molar-refractivity contribution in [3.8, 4) is 0 Å². The van der Waals surface area contributed by atoms with Crippen LogP contribution in [0.5, 0.6) is 0 Å². The summed E-state index contributed by atoms with van der Waals surface area (Å²) in [6.07, 6.45) is -0.689. The molecular weight excluding hydrogens is 398 g/mol. The van der Waals surface area contributed by atoms with Gasteiger partial charge in [0.1, 0.15) is 22.5 Å². The van der Waals surface area contributed by atoms with E-state index >= 15 is 0 Å². The van der Waals surface area contributed by atoms with Crippen LogP contribution in [0.25, 0.3) is 0 Å². The molecule has 0 bridgehead atoms. The van der Waals surface area contributed by atoms with E-state index in [1.807, 2.05) is 0 Å². The van der Waals surface area contributed by atoms with Crippen LogP contribution in [0.3, 0.4) is 0 Å². The number of hydrogen-bond acceptors (Lipinski definition) is 4. The molecule has 0 amide bonds. The van der Waals surface area contributed by atoms with Gasteiger partial charge in [-0.25, -0.2) is 17.2 Å². The number of benzene rings is 2. The summed E-state index contributed by atoms with van der Waals surface area (Å²) in [4.78, 5) is 12.0. The molecule has 2 aromatic rings. The lowest BCUT2D eigenvalue weighted by Crippen LogP contribution is -2.27. The molecule has 1 atom stereocenters. The maximum Gasteiger partial charge on any atom is 0.307 e. The Labute approximate surface area is 162 Å². The number of halogens is 3. The summed E-state index contributed by atoms with van der Waals surface area (Å²) in [5.41, 5.74) is -1.32. The molecule has 0 aromatic heterocycles. The van der Waals surface area contributed by atoms with Crippen molar-refractivity contribution in [3.05, 3.63) is 64.7 Å². The number of ether oxygens (including phenoxy) is 1. The second kappa shape index (κ2) is 7.94. The molecule has 8 heteroatoms. The van der Waals surface area contributed by atoms with Crippen molar-refractivity contribution in [1.29, 1.82) is 0 Å². The molecule has 0 aliphatic heterocycles. The first-order chi connectivity index (χ1) is 12.4. The van der Waals surface area contributed by atoms with E-state index in [1.54, 1.807) is 20.8 Å². The van der Waals surface area contributed by atoms with Gasteiger partial charge in [0.25, 0.3) is 0 Å². The average molecular weight is 417 g/mol. The fraction of sp³-hybridized carbons (Fsp3) is 0.316. The zero-order valence-corrected chi connectivity index (χ0v) is 16.6. The predicted molar refractivity (Wildman–Crippen MR) is 98.2 cm³/mol. The van der Waals surface area contributed by atoms with Crippen molar-refractivity contribution in [2.24, 2.45) is 0 Å². The summed E-state index contributed by atoms with van der Waals surface area (Å²) in [7, 11) is -4.31. The van der Waals surface area contributed by atoms with E-state index < -0.39 is 50.3 Å². The lowest BCUT2D eigenvalue weighted by molar-refractivity contribution is -0.154. The molecule has 0 aliphatic carbocycles. The summed E-state index contributed by atoms with van der Waals surface area (Å²) in [5.74, 6) is -2.62. The maximum atomic E-state index is 14.3. The highest BCUT2D eigenvalue weighted by molar-refractivity contribution is 7.91. The Kier molecular flexibility index (Phi) is 6.27. The SMILES string of the molecule is CC(C)(C)OC(=O)CC(c1cc(F)ccc1F)S(=O)(=O)c1ccccc1Cl. The van der Waals surface area contributed by atoms with Crippen LogP contribution < -0.4 is 0 Å². The van der Waals surface area contributed by atoms with Gasteiger partial charge in [0.15, 0.2) is 9.84 Å². The molecule has 0 heterocycles. The van der Waals surface area contributed by atoms with E-state index in [9.17, 15) is 22.0 Å². The van der Waals surface area contributed by atoms with Gasteiger partial charge in [-0.2, -0.15) is 0 Å². The number of sulfone groups is 1. The summed E-state index contributed by atoms with van der Waals surface area (Å²) in [6, 6.07) is 8.04. The Morgan fingerprint density at radius 3 is 2.37 bits per heavy atom. The number of rotatable bonds is 5. The molecule has 2 rings (SSSR count). The van der Waals surface area contributed by atoms with Crippen LogP contribution in [0.15, 0.2) is 47.4 Å². The summed E-state index contributed by atoms with van der Waals surface area (Å²) >= 11 is 5.99. The highest BCUT2D eigenvalue weighted by Crippen LogP contribution is 2.37. The van der Waals surface area contributed by atoms with Crippen molar-refractivity contribution < 1.29 is 26.7 Å². The van der Waals surface area contributed by atoms with Gasteiger partial charge in [-0.15, -0.1) is 0 Å². The second-order valence-electron chi connectivity index (χ2n) is 6.92.